The molecule has 0 atom stereocenters. The Labute approximate surface area is 152 Å². The van der Waals surface area contributed by atoms with E-state index >= 15 is 0 Å². The van der Waals surface area contributed by atoms with E-state index in [-0.39, 0.29) is 23.1 Å². The van der Waals surface area contributed by atoms with Gasteiger partial charge in [0.25, 0.3) is 17.5 Å². The van der Waals surface area contributed by atoms with Gasteiger partial charge in [0.05, 0.1) is 9.40 Å². The van der Waals surface area contributed by atoms with E-state index in [0.29, 0.717) is 16.6 Å². The lowest BCUT2D eigenvalue weighted by atomic mass is 10.1. The molecule has 0 aliphatic carbocycles. The molecule has 0 fully saturated rings. The van der Waals surface area contributed by atoms with Crippen molar-refractivity contribution in [1.82, 2.24) is 10.2 Å². The van der Waals surface area contributed by atoms with Crippen LogP contribution in [0.5, 0.6) is 0 Å². The maximum atomic E-state index is 12.5. The van der Waals surface area contributed by atoms with Crippen LogP contribution in [0.2, 0.25) is 0 Å². The first-order valence-corrected chi connectivity index (χ1v) is 8.13. The fourth-order valence-electron chi connectivity index (χ4n) is 2.26. The summed E-state index contributed by atoms with van der Waals surface area (Å²) in [6.45, 7) is 0.316. The Morgan fingerprint density at radius 3 is 2.32 bits per heavy atom. The molecule has 0 radical (unpaired) electrons. The Kier molecular flexibility index (Phi) is 5.87. The van der Waals surface area contributed by atoms with Gasteiger partial charge in [-0.3, -0.25) is 19.7 Å². The number of benzene rings is 2. The first kappa shape index (κ1) is 18.6. The van der Waals surface area contributed by atoms with Gasteiger partial charge < -0.3 is 10.2 Å². The molecule has 0 saturated carbocycles. The highest BCUT2D eigenvalue weighted by Gasteiger charge is 2.18. The van der Waals surface area contributed by atoms with Crippen LogP contribution in [0.25, 0.3) is 0 Å². The fourth-order valence-corrected chi connectivity index (χ4v) is 2.65. The molecule has 2 aromatic carbocycles. The number of rotatable bonds is 5. The smallest absolute Gasteiger partial charge is 0.284 e. The number of amides is 2. The molecular formula is C17H16BrN3O4. The molecule has 0 aliphatic rings. The Balaban J connectivity index is 2.14. The van der Waals surface area contributed by atoms with Gasteiger partial charge in [0.2, 0.25) is 0 Å². The first-order valence-electron chi connectivity index (χ1n) is 7.34. The van der Waals surface area contributed by atoms with Crippen LogP contribution in [0.3, 0.4) is 0 Å². The minimum absolute atomic E-state index is 0.158. The number of hydrogen-bond donors (Lipinski definition) is 1. The molecule has 2 rings (SSSR count). The van der Waals surface area contributed by atoms with Crippen LogP contribution in [-0.4, -0.2) is 35.7 Å². The Morgan fingerprint density at radius 2 is 1.76 bits per heavy atom. The molecule has 2 aromatic rings. The number of hydrogen-bond acceptors (Lipinski definition) is 4. The predicted octanol–water partition coefficient (Wildman–Crippen LogP) is 2.99. The summed E-state index contributed by atoms with van der Waals surface area (Å²) in [5.41, 5.74) is 1.45. The number of nitro groups is 1. The highest BCUT2D eigenvalue weighted by molar-refractivity contribution is 9.10. The average molecular weight is 406 g/mol. The zero-order chi connectivity index (χ0) is 18.6. The third-order valence-corrected chi connectivity index (χ3v) is 4.27. The van der Waals surface area contributed by atoms with Gasteiger partial charge in [-0.25, -0.2) is 0 Å². The van der Waals surface area contributed by atoms with Crippen LogP contribution in [0.4, 0.5) is 5.69 Å². The summed E-state index contributed by atoms with van der Waals surface area (Å²) in [7, 11) is 3.17. The van der Waals surface area contributed by atoms with E-state index < -0.39 is 4.92 Å². The quantitative estimate of drug-likeness (QED) is 0.611. The SMILES string of the molecule is CNC(=O)c1ccc(CN(C)C(=O)c2ccc(Br)c([N+](=O)[O-])c2)cc1. The van der Waals surface area contributed by atoms with E-state index in [0.717, 1.165) is 5.56 Å². The van der Waals surface area contributed by atoms with Gasteiger partial charge in [0.15, 0.2) is 0 Å². The van der Waals surface area contributed by atoms with Crippen molar-refractivity contribution in [1.29, 1.82) is 0 Å². The van der Waals surface area contributed by atoms with Gasteiger partial charge >= 0.3 is 0 Å². The van der Waals surface area contributed by atoms with Gasteiger partial charge in [-0.1, -0.05) is 12.1 Å². The lowest BCUT2D eigenvalue weighted by Crippen LogP contribution is -2.26. The zero-order valence-corrected chi connectivity index (χ0v) is 15.2. The minimum atomic E-state index is -0.543. The molecule has 0 bridgehead atoms. The monoisotopic (exact) mass is 405 g/mol. The van der Waals surface area contributed by atoms with Crippen molar-refractivity contribution in [2.24, 2.45) is 0 Å². The van der Waals surface area contributed by atoms with Crippen LogP contribution < -0.4 is 5.32 Å². The molecule has 8 heteroatoms. The molecule has 7 nitrogen and oxygen atoms in total. The second kappa shape index (κ2) is 7.89. The standard InChI is InChI=1S/C17H16BrN3O4/c1-19-16(22)12-5-3-11(4-6-12)10-20(2)17(23)13-7-8-14(18)15(9-13)21(24)25/h3-9H,10H2,1-2H3,(H,19,22). The zero-order valence-electron chi connectivity index (χ0n) is 13.7. The molecule has 2 amide bonds. The highest BCUT2D eigenvalue weighted by Crippen LogP contribution is 2.26. The topological polar surface area (TPSA) is 92.6 Å². The van der Waals surface area contributed by atoms with Crippen LogP contribution in [0.15, 0.2) is 46.9 Å². The van der Waals surface area contributed by atoms with Crippen molar-refractivity contribution >= 4 is 33.4 Å². The summed E-state index contributed by atoms with van der Waals surface area (Å²) in [5, 5.41) is 13.5. The van der Waals surface area contributed by atoms with Crippen LogP contribution >= 0.6 is 15.9 Å². The molecular weight excluding hydrogens is 390 g/mol. The number of nitrogens with zero attached hydrogens (tertiary/aromatic N) is 2. The molecule has 1 N–H and O–H groups in total. The van der Waals surface area contributed by atoms with E-state index in [4.69, 9.17) is 0 Å². The van der Waals surface area contributed by atoms with E-state index in [1.807, 2.05) is 0 Å². The van der Waals surface area contributed by atoms with Crippen molar-refractivity contribution < 1.29 is 14.5 Å². The maximum Gasteiger partial charge on any atom is 0.284 e. The molecule has 0 aliphatic heterocycles. The summed E-state index contributed by atoms with van der Waals surface area (Å²) in [6.07, 6.45) is 0. The third kappa shape index (κ3) is 4.42. The first-order chi connectivity index (χ1) is 11.8. The van der Waals surface area contributed by atoms with Crippen LogP contribution in [0.1, 0.15) is 26.3 Å². The summed E-state index contributed by atoms with van der Waals surface area (Å²) in [4.78, 5) is 35.9. The lowest BCUT2D eigenvalue weighted by Gasteiger charge is -2.17. The van der Waals surface area contributed by atoms with Crippen molar-refractivity contribution in [3.05, 3.63) is 73.7 Å². The molecule has 25 heavy (non-hydrogen) atoms. The lowest BCUT2D eigenvalue weighted by molar-refractivity contribution is -0.385. The molecule has 0 aromatic heterocycles. The molecule has 130 valence electrons. The van der Waals surface area contributed by atoms with Gasteiger partial charge in [-0.05, 0) is 45.8 Å². The number of nitrogens with one attached hydrogen (secondary N) is 1. The van der Waals surface area contributed by atoms with E-state index in [2.05, 4.69) is 21.2 Å². The van der Waals surface area contributed by atoms with E-state index in [9.17, 15) is 19.7 Å². The van der Waals surface area contributed by atoms with Crippen LogP contribution in [-0.2, 0) is 6.54 Å². The van der Waals surface area contributed by atoms with Crippen molar-refractivity contribution in [2.75, 3.05) is 14.1 Å². The second-order valence-corrected chi connectivity index (χ2v) is 6.21. The number of carbonyl (C=O) groups excluding carboxylic acids is 2. The van der Waals surface area contributed by atoms with Crippen molar-refractivity contribution in [2.45, 2.75) is 6.54 Å². The Hall–Kier alpha value is -2.74. The van der Waals surface area contributed by atoms with Crippen molar-refractivity contribution in [3.8, 4) is 0 Å². The molecule has 0 heterocycles. The Morgan fingerprint density at radius 1 is 1.16 bits per heavy atom. The summed E-state index contributed by atoms with van der Waals surface area (Å²) in [5.74, 6) is -0.510. The highest BCUT2D eigenvalue weighted by atomic mass is 79.9. The second-order valence-electron chi connectivity index (χ2n) is 5.36. The maximum absolute atomic E-state index is 12.5. The van der Waals surface area contributed by atoms with Gasteiger partial charge in [0, 0.05) is 37.8 Å². The van der Waals surface area contributed by atoms with Gasteiger partial charge in [-0.2, -0.15) is 0 Å². The summed E-state index contributed by atoms with van der Waals surface area (Å²) < 4.78 is 0.321. The van der Waals surface area contributed by atoms with E-state index in [1.165, 1.54) is 23.1 Å². The summed E-state index contributed by atoms with van der Waals surface area (Å²) in [6, 6.07) is 11.1. The number of carbonyl (C=O) groups is 2. The predicted molar refractivity (Wildman–Crippen MR) is 96.4 cm³/mol. The normalized spacial score (nSPS) is 10.2. The number of nitro benzene ring substituents is 1. The van der Waals surface area contributed by atoms with Crippen LogP contribution in [0, 0.1) is 10.1 Å². The fraction of sp³-hybridized carbons (Fsp3) is 0.176. The largest absolute Gasteiger partial charge is 0.355 e. The minimum Gasteiger partial charge on any atom is -0.355 e. The average Bonchev–Trinajstić information content (AvgIpc) is 2.61. The Bertz CT molecular complexity index is 821. The summed E-state index contributed by atoms with van der Waals surface area (Å²) >= 11 is 3.10. The molecule has 0 spiro atoms. The van der Waals surface area contributed by atoms with Gasteiger partial charge in [0.1, 0.15) is 0 Å². The van der Waals surface area contributed by atoms with E-state index in [1.54, 1.807) is 38.4 Å². The molecule has 0 unspecified atom stereocenters. The third-order valence-electron chi connectivity index (χ3n) is 3.60. The number of halogens is 1. The molecule has 0 saturated heterocycles. The van der Waals surface area contributed by atoms with Crippen molar-refractivity contribution in [3.63, 3.8) is 0 Å². The van der Waals surface area contributed by atoms with Gasteiger partial charge in [-0.15, -0.1) is 0 Å².